The Morgan fingerprint density at radius 2 is 1.81 bits per heavy atom. The van der Waals surface area contributed by atoms with E-state index in [2.05, 4.69) is 29.0 Å². The lowest BCUT2D eigenvalue weighted by molar-refractivity contribution is -0.0720. The molecule has 2 saturated heterocycles. The van der Waals surface area contributed by atoms with Gasteiger partial charge in [0, 0.05) is 44.2 Å². The third-order valence-corrected chi connectivity index (χ3v) is 6.81. The summed E-state index contributed by atoms with van der Waals surface area (Å²) in [6.07, 6.45) is 5.17. The molecule has 2 unspecified atom stereocenters. The van der Waals surface area contributed by atoms with E-state index in [0.717, 1.165) is 80.7 Å². The Hall–Kier alpha value is -2.18. The van der Waals surface area contributed by atoms with E-state index >= 15 is 0 Å². The standard InChI is InChI=1S/C25H34N4O2/c1-17-14-28(15-18(2)31-17)16-19-9-11-29(12-10-19)24-13-22(25(30)26-20-7-8-20)21-5-3-4-6-23(21)27-24/h3-6,13,17-20H,7-12,14-16H2,1-2H3,(H,26,30). The van der Waals surface area contributed by atoms with E-state index in [9.17, 15) is 4.79 Å². The average Bonchev–Trinajstić information content (AvgIpc) is 3.57. The van der Waals surface area contributed by atoms with Crippen LogP contribution in [0.5, 0.6) is 0 Å². The number of rotatable bonds is 5. The summed E-state index contributed by atoms with van der Waals surface area (Å²) in [5.74, 6) is 1.69. The number of carbonyl (C=O) groups excluding carboxylic acids is 1. The smallest absolute Gasteiger partial charge is 0.252 e. The van der Waals surface area contributed by atoms with Crippen molar-refractivity contribution in [1.29, 1.82) is 0 Å². The highest BCUT2D eigenvalue weighted by molar-refractivity contribution is 6.07. The number of ether oxygens (including phenoxy) is 1. The van der Waals surface area contributed by atoms with E-state index in [1.54, 1.807) is 0 Å². The maximum absolute atomic E-state index is 12.9. The maximum atomic E-state index is 12.9. The third kappa shape index (κ3) is 4.85. The van der Waals surface area contributed by atoms with Gasteiger partial charge in [0.1, 0.15) is 5.82 Å². The van der Waals surface area contributed by atoms with Gasteiger partial charge in [0.15, 0.2) is 0 Å². The van der Waals surface area contributed by atoms with Crippen molar-refractivity contribution in [3.63, 3.8) is 0 Å². The average molecular weight is 423 g/mol. The molecule has 2 atom stereocenters. The van der Waals surface area contributed by atoms with Crippen molar-refractivity contribution in [2.45, 2.75) is 57.8 Å². The molecule has 3 aliphatic rings. The van der Waals surface area contributed by atoms with Gasteiger partial charge in [-0.1, -0.05) is 18.2 Å². The second kappa shape index (κ2) is 8.75. The van der Waals surface area contributed by atoms with Gasteiger partial charge in [-0.05, 0) is 57.6 Å². The first kappa shape index (κ1) is 20.7. The van der Waals surface area contributed by atoms with Gasteiger partial charge in [-0.15, -0.1) is 0 Å². The first-order valence-electron chi connectivity index (χ1n) is 11.9. The van der Waals surface area contributed by atoms with Crippen LogP contribution in [0.3, 0.4) is 0 Å². The first-order chi connectivity index (χ1) is 15.0. The molecular weight excluding hydrogens is 388 g/mol. The molecule has 1 saturated carbocycles. The number of amides is 1. The fourth-order valence-electron chi connectivity index (χ4n) is 5.15. The number of nitrogens with one attached hydrogen (secondary N) is 1. The highest BCUT2D eigenvalue weighted by Crippen LogP contribution is 2.28. The molecule has 1 N–H and O–H groups in total. The Bertz CT molecular complexity index is 926. The van der Waals surface area contributed by atoms with Crippen molar-refractivity contribution in [3.05, 3.63) is 35.9 Å². The van der Waals surface area contributed by atoms with Crippen LogP contribution in [0.4, 0.5) is 5.82 Å². The zero-order chi connectivity index (χ0) is 21.4. The molecule has 6 nitrogen and oxygen atoms in total. The van der Waals surface area contributed by atoms with Gasteiger partial charge in [-0.25, -0.2) is 4.98 Å². The number of pyridine rings is 1. The quantitative estimate of drug-likeness (QED) is 0.800. The molecule has 0 bridgehead atoms. The molecule has 31 heavy (non-hydrogen) atoms. The largest absolute Gasteiger partial charge is 0.373 e. The van der Waals surface area contributed by atoms with E-state index in [4.69, 9.17) is 9.72 Å². The summed E-state index contributed by atoms with van der Waals surface area (Å²) < 4.78 is 5.88. The molecule has 2 aliphatic heterocycles. The Morgan fingerprint density at radius 1 is 1.10 bits per heavy atom. The van der Waals surface area contributed by atoms with Crippen molar-refractivity contribution in [2.75, 3.05) is 37.6 Å². The maximum Gasteiger partial charge on any atom is 0.252 e. The lowest BCUT2D eigenvalue weighted by atomic mass is 9.95. The van der Waals surface area contributed by atoms with E-state index < -0.39 is 0 Å². The zero-order valence-corrected chi connectivity index (χ0v) is 18.7. The summed E-state index contributed by atoms with van der Waals surface area (Å²) in [4.78, 5) is 22.8. The topological polar surface area (TPSA) is 57.7 Å². The number of fused-ring (bicyclic) bond motifs is 1. The van der Waals surface area contributed by atoms with Crippen molar-refractivity contribution in [1.82, 2.24) is 15.2 Å². The fraction of sp³-hybridized carbons (Fsp3) is 0.600. The van der Waals surface area contributed by atoms with Crippen LogP contribution in [0.1, 0.15) is 49.9 Å². The number of piperidine rings is 1. The highest BCUT2D eigenvalue weighted by atomic mass is 16.5. The van der Waals surface area contributed by atoms with Crippen LogP contribution in [0.25, 0.3) is 10.9 Å². The van der Waals surface area contributed by atoms with Crippen LogP contribution >= 0.6 is 0 Å². The van der Waals surface area contributed by atoms with E-state index in [0.29, 0.717) is 24.2 Å². The summed E-state index contributed by atoms with van der Waals surface area (Å²) in [6.45, 7) is 9.57. The van der Waals surface area contributed by atoms with Gasteiger partial charge in [0.25, 0.3) is 5.91 Å². The number of nitrogens with zero attached hydrogens (tertiary/aromatic N) is 3. The minimum atomic E-state index is 0.0350. The van der Waals surface area contributed by atoms with Crippen LogP contribution in [0.15, 0.2) is 30.3 Å². The number of hydrogen-bond acceptors (Lipinski definition) is 5. The van der Waals surface area contributed by atoms with Crippen LogP contribution in [0, 0.1) is 5.92 Å². The molecular formula is C25H34N4O2. The molecule has 1 amide bonds. The van der Waals surface area contributed by atoms with Gasteiger partial charge in [-0.3, -0.25) is 9.69 Å². The molecule has 6 heteroatoms. The van der Waals surface area contributed by atoms with Crippen molar-refractivity contribution in [2.24, 2.45) is 5.92 Å². The number of anilines is 1. The van der Waals surface area contributed by atoms with Gasteiger partial charge in [0.05, 0.1) is 23.3 Å². The molecule has 1 aromatic heterocycles. The molecule has 0 radical (unpaired) electrons. The minimum Gasteiger partial charge on any atom is -0.373 e. The summed E-state index contributed by atoms with van der Waals surface area (Å²) in [5, 5.41) is 4.09. The Balaban J connectivity index is 1.27. The van der Waals surface area contributed by atoms with Gasteiger partial charge >= 0.3 is 0 Å². The second-order valence-corrected chi connectivity index (χ2v) is 9.70. The number of benzene rings is 1. The van der Waals surface area contributed by atoms with Crippen LogP contribution in [-0.4, -0.2) is 66.8 Å². The Kier molecular flexibility index (Phi) is 5.85. The van der Waals surface area contributed by atoms with Gasteiger partial charge in [0.2, 0.25) is 0 Å². The summed E-state index contributed by atoms with van der Waals surface area (Å²) in [7, 11) is 0. The monoisotopic (exact) mass is 422 g/mol. The van der Waals surface area contributed by atoms with E-state index in [-0.39, 0.29) is 5.91 Å². The molecule has 1 aromatic carbocycles. The fourth-order valence-corrected chi connectivity index (χ4v) is 5.15. The SMILES string of the molecule is CC1CN(CC2CCN(c3cc(C(=O)NC4CC4)c4ccccc4n3)CC2)CC(C)O1. The highest BCUT2D eigenvalue weighted by Gasteiger charge is 2.28. The lowest BCUT2D eigenvalue weighted by Gasteiger charge is -2.39. The second-order valence-electron chi connectivity index (χ2n) is 9.70. The number of carbonyl (C=O) groups is 1. The number of para-hydroxylation sites is 1. The molecule has 166 valence electrons. The first-order valence-corrected chi connectivity index (χ1v) is 11.9. The summed E-state index contributed by atoms with van der Waals surface area (Å²) >= 11 is 0. The van der Waals surface area contributed by atoms with Crippen molar-refractivity contribution < 1.29 is 9.53 Å². The van der Waals surface area contributed by atoms with E-state index in [1.165, 1.54) is 0 Å². The Labute approximate surface area is 184 Å². The predicted octanol–water partition coefficient (Wildman–Crippen LogP) is 3.45. The lowest BCUT2D eigenvalue weighted by Crippen LogP contribution is -2.48. The van der Waals surface area contributed by atoms with Crippen molar-refractivity contribution in [3.8, 4) is 0 Å². The zero-order valence-electron chi connectivity index (χ0n) is 18.7. The molecule has 1 aliphatic carbocycles. The van der Waals surface area contributed by atoms with Gasteiger partial charge in [-0.2, -0.15) is 0 Å². The minimum absolute atomic E-state index is 0.0350. The Morgan fingerprint density at radius 3 is 2.52 bits per heavy atom. The molecule has 0 spiro atoms. The molecule has 3 heterocycles. The normalized spacial score (nSPS) is 25.7. The summed E-state index contributed by atoms with van der Waals surface area (Å²) in [6, 6.07) is 10.4. The summed E-state index contributed by atoms with van der Waals surface area (Å²) in [5.41, 5.74) is 1.66. The van der Waals surface area contributed by atoms with Crippen LogP contribution in [-0.2, 0) is 4.74 Å². The van der Waals surface area contributed by atoms with Crippen LogP contribution in [0.2, 0.25) is 0 Å². The third-order valence-electron chi connectivity index (χ3n) is 6.81. The molecule has 2 aromatic rings. The number of morpholine rings is 1. The number of hydrogen-bond donors (Lipinski definition) is 1. The number of aromatic nitrogens is 1. The van der Waals surface area contributed by atoms with Crippen molar-refractivity contribution >= 4 is 22.6 Å². The van der Waals surface area contributed by atoms with Crippen LogP contribution < -0.4 is 10.2 Å². The van der Waals surface area contributed by atoms with Gasteiger partial charge < -0.3 is 15.0 Å². The molecule has 3 fully saturated rings. The van der Waals surface area contributed by atoms with E-state index in [1.807, 2.05) is 30.3 Å². The molecule has 5 rings (SSSR count). The predicted molar refractivity (Wildman–Crippen MR) is 124 cm³/mol.